The summed E-state index contributed by atoms with van der Waals surface area (Å²) < 4.78 is 1.50. The molecule has 2 aromatic carbocycles. The van der Waals surface area contributed by atoms with E-state index in [0.29, 0.717) is 22.6 Å². The summed E-state index contributed by atoms with van der Waals surface area (Å²) in [5, 5.41) is 36.6. The highest BCUT2D eigenvalue weighted by Gasteiger charge is 2.20. The lowest BCUT2D eigenvalue weighted by Crippen LogP contribution is -2.12. The van der Waals surface area contributed by atoms with E-state index in [1.54, 1.807) is 36.4 Å². The number of carbonyl (C=O) groups excluding carboxylic acids is 1. The third-order valence-corrected chi connectivity index (χ3v) is 4.16. The van der Waals surface area contributed by atoms with Crippen molar-refractivity contribution in [2.45, 2.75) is 0 Å². The summed E-state index contributed by atoms with van der Waals surface area (Å²) in [6.07, 6.45) is 1.46. The molecule has 0 saturated carbocycles. The first-order valence-corrected chi connectivity index (χ1v) is 8.43. The van der Waals surface area contributed by atoms with Crippen molar-refractivity contribution in [3.8, 4) is 11.3 Å². The Hall–Kier alpha value is -4.74. The number of anilines is 1. The first kappa shape index (κ1) is 18.6. The lowest BCUT2D eigenvalue weighted by Gasteiger charge is -2.08. The van der Waals surface area contributed by atoms with Crippen LogP contribution < -0.4 is 5.32 Å². The fourth-order valence-electron chi connectivity index (χ4n) is 2.78. The molecule has 0 spiro atoms. The largest absolute Gasteiger partial charge is 0.322 e. The minimum atomic E-state index is -0.794. The van der Waals surface area contributed by atoms with Gasteiger partial charge in [-0.1, -0.05) is 12.1 Å². The molecule has 0 fully saturated rings. The van der Waals surface area contributed by atoms with Gasteiger partial charge in [0.2, 0.25) is 0 Å². The van der Waals surface area contributed by atoms with E-state index in [9.17, 15) is 25.0 Å². The Morgan fingerprint density at radius 2 is 1.70 bits per heavy atom. The molecular weight excluding hydrogens is 394 g/mol. The average Bonchev–Trinajstić information content (AvgIpc) is 3.21. The number of fused-ring (bicyclic) bond motifs is 1. The minimum absolute atomic E-state index is 0.203. The van der Waals surface area contributed by atoms with E-state index in [2.05, 4.69) is 20.6 Å². The SMILES string of the molecule is O=C(Nc1cccc(-c2ccc3nncn3n2)c1)c1cc([N+](=O)[O-])cc([N+](=O)[O-])c1. The number of benzene rings is 2. The zero-order valence-electron chi connectivity index (χ0n) is 15.0. The molecule has 4 rings (SSSR count). The molecular formula is C18H11N7O5. The highest BCUT2D eigenvalue weighted by atomic mass is 16.6. The molecule has 148 valence electrons. The van der Waals surface area contributed by atoms with E-state index in [1.807, 2.05) is 0 Å². The number of nitrogens with zero attached hydrogens (tertiary/aromatic N) is 6. The van der Waals surface area contributed by atoms with Gasteiger partial charge in [0.05, 0.1) is 27.2 Å². The maximum atomic E-state index is 12.6. The van der Waals surface area contributed by atoms with Crippen LogP contribution in [0.2, 0.25) is 0 Å². The van der Waals surface area contributed by atoms with Gasteiger partial charge in [-0.2, -0.15) is 9.61 Å². The van der Waals surface area contributed by atoms with Crippen LogP contribution in [0, 0.1) is 20.2 Å². The van der Waals surface area contributed by atoms with E-state index in [1.165, 1.54) is 10.8 Å². The van der Waals surface area contributed by atoms with Gasteiger partial charge in [-0.25, -0.2) is 0 Å². The lowest BCUT2D eigenvalue weighted by molar-refractivity contribution is -0.394. The second-order valence-electron chi connectivity index (χ2n) is 6.14. The highest BCUT2D eigenvalue weighted by Crippen LogP contribution is 2.25. The number of nitrogens with one attached hydrogen (secondary N) is 1. The Balaban J connectivity index is 1.63. The van der Waals surface area contributed by atoms with Gasteiger partial charge in [0.15, 0.2) is 5.65 Å². The van der Waals surface area contributed by atoms with Crippen molar-refractivity contribution in [2.24, 2.45) is 0 Å². The van der Waals surface area contributed by atoms with Gasteiger partial charge in [-0.15, -0.1) is 10.2 Å². The van der Waals surface area contributed by atoms with Crippen LogP contribution >= 0.6 is 0 Å². The summed E-state index contributed by atoms with van der Waals surface area (Å²) in [6.45, 7) is 0. The summed E-state index contributed by atoms with van der Waals surface area (Å²) in [5.41, 5.74) is 0.958. The van der Waals surface area contributed by atoms with Gasteiger partial charge in [0.25, 0.3) is 17.3 Å². The van der Waals surface area contributed by atoms with Crippen LogP contribution in [0.15, 0.2) is 60.9 Å². The van der Waals surface area contributed by atoms with Crippen LogP contribution in [0.5, 0.6) is 0 Å². The molecule has 4 aromatic rings. The normalized spacial score (nSPS) is 10.7. The second kappa shape index (κ2) is 7.35. The molecule has 0 atom stereocenters. The van der Waals surface area contributed by atoms with Crippen molar-refractivity contribution in [2.75, 3.05) is 5.32 Å². The molecule has 0 aliphatic heterocycles. The second-order valence-corrected chi connectivity index (χ2v) is 6.14. The van der Waals surface area contributed by atoms with Gasteiger partial charge in [-0.05, 0) is 24.3 Å². The third-order valence-electron chi connectivity index (χ3n) is 4.16. The summed E-state index contributed by atoms with van der Waals surface area (Å²) in [7, 11) is 0. The summed E-state index contributed by atoms with van der Waals surface area (Å²) in [4.78, 5) is 33.0. The maximum Gasteiger partial charge on any atom is 0.277 e. The van der Waals surface area contributed by atoms with Gasteiger partial charge in [0, 0.05) is 23.4 Å². The third kappa shape index (κ3) is 3.64. The van der Waals surface area contributed by atoms with Crippen molar-refractivity contribution in [3.63, 3.8) is 0 Å². The number of amides is 1. The Labute approximate surface area is 167 Å². The first-order chi connectivity index (χ1) is 14.4. The first-order valence-electron chi connectivity index (χ1n) is 8.43. The van der Waals surface area contributed by atoms with E-state index in [0.717, 1.165) is 18.2 Å². The minimum Gasteiger partial charge on any atom is -0.322 e. The Kier molecular flexibility index (Phi) is 4.56. The number of carbonyl (C=O) groups is 1. The number of hydrogen-bond donors (Lipinski definition) is 1. The van der Waals surface area contributed by atoms with Crippen molar-refractivity contribution in [1.82, 2.24) is 19.8 Å². The van der Waals surface area contributed by atoms with Crippen LogP contribution in [0.4, 0.5) is 17.1 Å². The lowest BCUT2D eigenvalue weighted by atomic mass is 10.1. The Bertz CT molecular complexity index is 1290. The van der Waals surface area contributed by atoms with Crippen LogP contribution in [0.25, 0.3) is 16.9 Å². The molecule has 0 bridgehead atoms. The molecule has 0 aliphatic carbocycles. The van der Waals surface area contributed by atoms with Crippen LogP contribution in [-0.2, 0) is 0 Å². The van der Waals surface area contributed by atoms with Crippen molar-refractivity contribution >= 4 is 28.6 Å². The number of aromatic nitrogens is 4. The van der Waals surface area contributed by atoms with E-state index in [-0.39, 0.29) is 5.56 Å². The van der Waals surface area contributed by atoms with Gasteiger partial charge in [-0.3, -0.25) is 25.0 Å². The van der Waals surface area contributed by atoms with E-state index < -0.39 is 27.1 Å². The molecule has 0 radical (unpaired) electrons. The van der Waals surface area contributed by atoms with E-state index in [4.69, 9.17) is 0 Å². The molecule has 2 heterocycles. The van der Waals surface area contributed by atoms with Gasteiger partial charge in [0.1, 0.15) is 6.33 Å². The number of non-ortho nitro benzene ring substituents is 2. The molecule has 12 nitrogen and oxygen atoms in total. The average molecular weight is 405 g/mol. The molecule has 12 heteroatoms. The number of nitro groups is 2. The van der Waals surface area contributed by atoms with Crippen molar-refractivity contribution in [3.05, 3.63) is 86.7 Å². The van der Waals surface area contributed by atoms with Crippen molar-refractivity contribution in [1.29, 1.82) is 0 Å². The Morgan fingerprint density at radius 1 is 0.967 bits per heavy atom. The van der Waals surface area contributed by atoms with Crippen LogP contribution in [0.3, 0.4) is 0 Å². The summed E-state index contributed by atoms with van der Waals surface area (Å²) >= 11 is 0. The van der Waals surface area contributed by atoms with Crippen LogP contribution in [-0.4, -0.2) is 35.6 Å². The van der Waals surface area contributed by atoms with E-state index >= 15 is 0 Å². The predicted octanol–water partition coefficient (Wildman–Crippen LogP) is 2.86. The molecule has 1 amide bonds. The zero-order valence-corrected chi connectivity index (χ0v) is 15.0. The Morgan fingerprint density at radius 3 is 2.40 bits per heavy atom. The van der Waals surface area contributed by atoms with Gasteiger partial charge < -0.3 is 5.32 Å². The molecule has 0 saturated heterocycles. The molecule has 0 aliphatic rings. The zero-order chi connectivity index (χ0) is 21.3. The smallest absolute Gasteiger partial charge is 0.277 e. The predicted molar refractivity (Wildman–Crippen MR) is 104 cm³/mol. The summed E-state index contributed by atoms with van der Waals surface area (Å²) in [6, 6.07) is 13.0. The fourth-order valence-corrected chi connectivity index (χ4v) is 2.78. The van der Waals surface area contributed by atoms with Crippen LogP contribution in [0.1, 0.15) is 10.4 Å². The highest BCUT2D eigenvalue weighted by molar-refractivity contribution is 6.05. The standard InChI is InChI=1S/C18H11N7O5/c26-18(12-7-14(24(27)28)9-15(8-12)25(29)30)20-13-3-1-2-11(6-13)16-4-5-17-21-19-10-23(17)22-16/h1-10H,(H,20,26). The van der Waals surface area contributed by atoms with Gasteiger partial charge >= 0.3 is 0 Å². The maximum absolute atomic E-state index is 12.6. The summed E-state index contributed by atoms with van der Waals surface area (Å²) in [5.74, 6) is -0.721. The molecule has 30 heavy (non-hydrogen) atoms. The molecule has 1 N–H and O–H groups in total. The number of nitro benzene ring substituents is 2. The molecule has 0 unspecified atom stereocenters. The monoisotopic (exact) mass is 405 g/mol. The fraction of sp³-hybridized carbons (Fsp3) is 0. The number of rotatable bonds is 5. The quantitative estimate of drug-likeness (QED) is 0.392. The molecule has 2 aromatic heterocycles. The van der Waals surface area contributed by atoms with Crippen molar-refractivity contribution < 1.29 is 14.6 Å². The topological polar surface area (TPSA) is 158 Å². The number of hydrogen-bond acceptors (Lipinski definition) is 8.